The number of nitrogens with zero attached hydrogens (tertiary/aromatic N) is 6. The lowest BCUT2D eigenvalue weighted by atomic mass is 10.0. The highest BCUT2D eigenvalue weighted by Crippen LogP contribution is 2.27. The van der Waals surface area contributed by atoms with Crippen molar-refractivity contribution in [2.24, 2.45) is 7.05 Å². The highest BCUT2D eigenvalue weighted by Gasteiger charge is 2.26. The number of aromatic nitrogens is 3. The number of anilines is 2. The molecule has 0 unspecified atom stereocenters. The SMILES string of the molecule is CN(C)[C@@H]1CCN(c2ccc([C@H]3CN(c4nc(-c5ccncc5)cc(=O)n4C)CCN3)cc2)C1. The molecule has 0 radical (unpaired) electrons. The molecule has 34 heavy (non-hydrogen) atoms. The summed E-state index contributed by atoms with van der Waals surface area (Å²) in [6, 6.07) is 15.1. The van der Waals surface area contributed by atoms with E-state index in [2.05, 4.69) is 63.4 Å². The number of benzene rings is 1. The molecule has 0 bridgehead atoms. The van der Waals surface area contributed by atoms with Crippen molar-refractivity contribution in [1.82, 2.24) is 24.8 Å². The van der Waals surface area contributed by atoms with Gasteiger partial charge in [0.1, 0.15) is 0 Å². The Morgan fingerprint density at radius 3 is 2.47 bits per heavy atom. The molecule has 0 amide bonds. The summed E-state index contributed by atoms with van der Waals surface area (Å²) >= 11 is 0. The molecule has 4 heterocycles. The van der Waals surface area contributed by atoms with Gasteiger partial charge >= 0.3 is 0 Å². The van der Waals surface area contributed by atoms with Crippen LogP contribution in [0, 0.1) is 0 Å². The molecule has 2 aliphatic rings. The van der Waals surface area contributed by atoms with Gasteiger partial charge in [-0.15, -0.1) is 0 Å². The van der Waals surface area contributed by atoms with Crippen LogP contribution < -0.4 is 20.7 Å². The summed E-state index contributed by atoms with van der Waals surface area (Å²) in [4.78, 5) is 28.7. The Morgan fingerprint density at radius 1 is 1.00 bits per heavy atom. The first kappa shape index (κ1) is 22.6. The fourth-order valence-corrected chi connectivity index (χ4v) is 4.95. The maximum atomic E-state index is 12.7. The summed E-state index contributed by atoms with van der Waals surface area (Å²) < 4.78 is 1.64. The van der Waals surface area contributed by atoms with Gasteiger partial charge < -0.3 is 20.0 Å². The monoisotopic (exact) mass is 459 g/mol. The number of rotatable bonds is 5. The Labute approximate surface area is 200 Å². The Kier molecular flexibility index (Phi) is 6.34. The van der Waals surface area contributed by atoms with Gasteiger partial charge in [-0.2, -0.15) is 0 Å². The predicted molar refractivity (Wildman–Crippen MR) is 136 cm³/mol. The van der Waals surface area contributed by atoms with Crippen molar-refractivity contribution in [2.45, 2.75) is 18.5 Å². The van der Waals surface area contributed by atoms with Crippen molar-refractivity contribution < 1.29 is 0 Å². The van der Waals surface area contributed by atoms with Gasteiger partial charge in [0.05, 0.1) is 5.69 Å². The van der Waals surface area contributed by atoms with Crippen LogP contribution in [0.5, 0.6) is 0 Å². The Bertz CT molecular complexity index is 1180. The van der Waals surface area contributed by atoms with Gasteiger partial charge in [-0.1, -0.05) is 12.1 Å². The third-order valence-corrected chi connectivity index (χ3v) is 7.10. The number of hydrogen-bond donors (Lipinski definition) is 1. The third kappa shape index (κ3) is 4.56. The Hall–Kier alpha value is -3.23. The van der Waals surface area contributed by atoms with Gasteiger partial charge in [-0.25, -0.2) is 4.98 Å². The van der Waals surface area contributed by atoms with Crippen LogP contribution in [-0.2, 0) is 7.05 Å². The molecule has 0 spiro atoms. The van der Waals surface area contributed by atoms with Gasteiger partial charge in [0.25, 0.3) is 5.56 Å². The van der Waals surface area contributed by atoms with Crippen LogP contribution in [-0.4, -0.2) is 72.3 Å². The molecule has 1 aromatic carbocycles. The second-order valence-corrected chi connectivity index (χ2v) is 9.47. The van der Waals surface area contributed by atoms with E-state index in [1.54, 1.807) is 30.1 Å². The number of pyridine rings is 1. The average molecular weight is 460 g/mol. The van der Waals surface area contributed by atoms with Gasteiger partial charge in [-0.05, 0) is 50.3 Å². The number of nitrogens with one attached hydrogen (secondary N) is 1. The Balaban J connectivity index is 1.34. The average Bonchev–Trinajstić information content (AvgIpc) is 3.37. The number of hydrogen-bond acceptors (Lipinski definition) is 7. The predicted octanol–water partition coefficient (Wildman–Crippen LogP) is 2.13. The van der Waals surface area contributed by atoms with Crippen molar-refractivity contribution >= 4 is 11.6 Å². The molecule has 1 N–H and O–H groups in total. The molecule has 0 saturated carbocycles. The molecule has 8 nitrogen and oxygen atoms in total. The van der Waals surface area contributed by atoms with Gasteiger partial charge in [-0.3, -0.25) is 14.3 Å². The van der Waals surface area contributed by atoms with Crippen molar-refractivity contribution in [3.63, 3.8) is 0 Å². The molecule has 3 aromatic rings. The first-order chi connectivity index (χ1) is 16.5. The standard InChI is InChI=1S/C26H33N7O/c1-30(2)22-10-14-32(17-22)21-6-4-19(5-7-21)24-18-33(15-13-28-24)26-29-23(16-25(34)31(26)3)20-8-11-27-12-9-20/h4-9,11-12,16,22,24,28H,10,13-15,17-18H2,1-3H3/t22-,24-/m1/s1. The molecule has 2 aliphatic heterocycles. The lowest BCUT2D eigenvalue weighted by Crippen LogP contribution is -2.47. The van der Waals surface area contributed by atoms with Crippen LogP contribution in [0.4, 0.5) is 11.6 Å². The summed E-state index contributed by atoms with van der Waals surface area (Å²) in [7, 11) is 6.12. The molecule has 2 saturated heterocycles. The normalized spacial score (nSPS) is 20.8. The fraction of sp³-hybridized carbons (Fsp3) is 0.423. The maximum absolute atomic E-state index is 12.7. The highest BCUT2D eigenvalue weighted by atomic mass is 16.1. The first-order valence-electron chi connectivity index (χ1n) is 12.0. The van der Waals surface area contributed by atoms with Gasteiger partial charge in [0, 0.05) is 81.6 Å². The first-order valence-corrected chi connectivity index (χ1v) is 12.0. The molecule has 0 aliphatic carbocycles. The molecule has 178 valence electrons. The van der Waals surface area contributed by atoms with Crippen LogP contribution in [0.1, 0.15) is 18.0 Å². The minimum absolute atomic E-state index is 0.0575. The Morgan fingerprint density at radius 2 is 1.76 bits per heavy atom. The maximum Gasteiger partial charge on any atom is 0.255 e. The fourth-order valence-electron chi connectivity index (χ4n) is 4.95. The summed E-state index contributed by atoms with van der Waals surface area (Å²) in [6.45, 7) is 4.57. The van der Waals surface area contributed by atoms with E-state index in [-0.39, 0.29) is 11.6 Å². The number of piperazine rings is 1. The van der Waals surface area contributed by atoms with E-state index >= 15 is 0 Å². The second-order valence-electron chi connectivity index (χ2n) is 9.47. The zero-order chi connectivity index (χ0) is 23.7. The lowest BCUT2D eigenvalue weighted by Gasteiger charge is -2.35. The van der Waals surface area contributed by atoms with Crippen LogP contribution in [0.3, 0.4) is 0 Å². The van der Waals surface area contributed by atoms with E-state index < -0.39 is 0 Å². The number of likely N-dealkylation sites (N-methyl/N-ethyl adjacent to an activating group) is 1. The molecular weight excluding hydrogens is 426 g/mol. The van der Waals surface area contributed by atoms with E-state index in [9.17, 15) is 4.79 Å². The summed E-state index contributed by atoms with van der Waals surface area (Å²) in [5, 5.41) is 3.64. The highest BCUT2D eigenvalue weighted by molar-refractivity contribution is 5.59. The van der Waals surface area contributed by atoms with E-state index in [4.69, 9.17) is 4.98 Å². The smallest absolute Gasteiger partial charge is 0.255 e. The van der Waals surface area contributed by atoms with Crippen LogP contribution in [0.25, 0.3) is 11.3 Å². The summed E-state index contributed by atoms with van der Waals surface area (Å²) in [6.07, 6.45) is 4.65. The van der Waals surface area contributed by atoms with E-state index in [0.717, 1.165) is 38.3 Å². The zero-order valence-corrected chi connectivity index (χ0v) is 20.2. The largest absolute Gasteiger partial charge is 0.370 e. The van der Waals surface area contributed by atoms with Gasteiger partial charge in [0.15, 0.2) is 0 Å². The molecule has 2 aromatic heterocycles. The molecule has 8 heteroatoms. The second kappa shape index (κ2) is 9.56. The lowest BCUT2D eigenvalue weighted by molar-refractivity contribution is 0.315. The van der Waals surface area contributed by atoms with E-state index in [1.807, 2.05) is 12.1 Å². The van der Waals surface area contributed by atoms with Crippen molar-refractivity contribution in [2.75, 3.05) is 56.6 Å². The van der Waals surface area contributed by atoms with E-state index in [1.165, 1.54) is 17.7 Å². The van der Waals surface area contributed by atoms with Crippen LogP contribution in [0.2, 0.25) is 0 Å². The van der Waals surface area contributed by atoms with Crippen molar-refractivity contribution in [3.8, 4) is 11.3 Å². The minimum atomic E-state index is -0.0575. The van der Waals surface area contributed by atoms with E-state index in [0.29, 0.717) is 17.7 Å². The molecule has 5 rings (SSSR count). The molecule has 2 fully saturated rings. The summed E-state index contributed by atoms with van der Waals surface area (Å²) in [5.41, 5.74) is 4.07. The van der Waals surface area contributed by atoms with Crippen LogP contribution in [0.15, 0.2) is 59.7 Å². The third-order valence-electron chi connectivity index (χ3n) is 7.10. The molecular formula is C26H33N7O. The summed E-state index contributed by atoms with van der Waals surface area (Å²) in [5.74, 6) is 0.703. The quantitative estimate of drug-likeness (QED) is 0.627. The van der Waals surface area contributed by atoms with Crippen molar-refractivity contribution in [3.05, 3.63) is 70.8 Å². The van der Waals surface area contributed by atoms with Crippen molar-refractivity contribution in [1.29, 1.82) is 0 Å². The van der Waals surface area contributed by atoms with Crippen LogP contribution >= 0.6 is 0 Å². The zero-order valence-electron chi connectivity index (χ0n) is 20.2. The minimum Gasteiger partial charge on any atom is -0.370 e. The molecule has 2 atom stereocenters. The topological polar surface area (TPSA) is 69.5 Å². The van der Waals surface area contributed by atoms with Gasteiger partial charge in [0.2, 0.25) is 5.95 Å².